The van der Waals surface area contributed by atoms with Gasteiger partial charge in [0.25, 0.3) is 0 Å². The Morgan fingerprint density at radius 1 is 0.444 bits per heavy atom. The van der Waals surface area contributed by atoms with Crippen molar-refractivity contribution in [2.24, 2.45) is 0 Å². The van der Waals surface area contributed by atoms with Crippen LogP contribution in [0.2, 0.25) is 0 Å². The molecule has 8 aromatic rings. The predicted molar refractivity (Wildman–Crippen MR) is 150 cm³/mol. The zero-order chi connectivity index (χ0) is 23.4. The summed E-state index contributed by atoms with van der Waals surface area (Å²) in [5.41, 5.74) is 10.6. The fourth-order valence-corrected chi connectivity index (χ4v) is 6.48. The first-order valence-electron chi connectivity index (χ1n) is 12.4. The number of fused-ring (bicyclic) bond motifs is 10. The average Bonchev–Trinajstić information content (AvgIpc) is 3.58. The summed E-state index contributed by atoms with van der Waals surface area (Å²) < 4.78 is 8.89. The van der Waals surface area contributed by atoms with Crippen LogP contribution in [0.4, 0.5) is 0 Å². The predicted octanol–water partition coefficient (Wildman–Crippen LogP) is 9.48. The lowest BCUT2D eigenvalue weighted by atomic mass is 10.0. The standard InChI is InChI=1S/C34H19NO/c1-4-13-28-20(8-1)21-9-2-5-14-29(21)35(28)30-19-18-27-32-23(11-7-12-26(30)32)24-16-17-25-22-10-3-6-15-31(22)36-34(25)33(24)27/h1-19H. The SMILES string of the molecule is c1ccc2c(c1)oc1c3c(ccc12)-c1cccc2c(-n4c5ccccc5c5ccccc54)ccc-3c12. The van der Waals surface area contributed by atoms with Gasteiger partial charge in [0, 0.05) is 32.5 Å². The van der Waals surface area contributed by atoms with E-state index in [1.165, 1.54) is 71.3 Å². The summed E-state index contributed by atoms with van der Waals surface area (Å²) in [6.07, 6.45) is 0. The maximum atomic E-state index is 6.47. The van der Waals surface area contributed by atoms with Crippen molar-refractivity contribution in [1.82, 2.24) is 4.57 Å². The summed E-state index contributed by atoms with van der Waals surface area (Å²) in [5.74, 6) is 0. The third-order valence-corrected chi connectivity index (χ3v) is 7.95. The summed E-state index contributed by atoms with van der Waals surface area (Å²) >= 11 is 0. The van der Waals surface area contributed by atoms with Gasteiger partial charge in [-0.2, -0.15) is 0 Å². The van der Waals surface area contributed by atoms with Gasteiger partial charge in [0.2, 0.25) is 0 Å². The molecule has 2 nitrogen and oxygen atoms in total. The van der Waals surface area contributed by atoms with E-state index in [1.54, 1.807) is 0 Å². The Balaban J connectivity index is 1.42. The highest BCUT2D eigenvalue weighted by atomic mass is 16.3. The highest BCUT2D eigenvalue weighted by Gasteiger charge is 2.27. The van der Waals surface area contributed by atoms with E-state index in [1.807, 2.05) is 6.07 Å². The molecule has 2 aromatic heterocycles. The molecule has 0 radical (unpaired) electrons. The van der Waals surface area contributed by atoms with Crippen molar-refractivity contribution < 1.29 is 4.42 Å². The van der Waals surface area contributed by atoms with Crippen molar-refractivity contribution in [1.29, 1.82) is 0 Å². The first-order valence-corrected chi connectivity index (χ1v) is 12.4. The summed E-state index contributed by atoms with van der Waals surface area (Å²) in [6, 6.07) is 41.5. The smallest absolute Gasteiger partial charge is 0.143 e. The second kappa shape index (κ2) is 6.44. The molecule has 0 saturated carbocycles. The van der Waals surface area contributed by atoms with E-state index >= 15 is 0 Å². The molecule has 166 valence electrons. The van der Waals surface area contributed by atoms with Crippen LogP contribution in [0.1, 0.15) is 0 Å². The molecule has 2 heteroatoms. The third kappa shape index (κ3) is 2.14. The molecule has 0 amide bonds. The van der Waals surface area contributed by atoms with Crippen LogP contribution in [0.25, 0.3) is 82.5 Å². The second-order valence-electron chi connectivity index (χ2n) is 9.69. The maximum absolute atomic E-state index is 6.47. The minimum absolute atomic E-state index is 0.940. The van der Waals surface area contributed by atoms with Gasteiger partial charge in [0.1, 0.15) is 11.2 Å². The van der Waals surface area contributed by atoms with Gasteiger partial charge >= 0.3 is 0 Å². The maximum Gasteiger partial charge on any atom is 0.143 e. The van der Waals surface area contributed by atoms with Crippen molar-refractivity contribution in [2.45, 2.75) is 0 Å². The Hall–Kier alpha value is -4.82. The van der Waals surface area contributed by atoms with E-state index in [0.717, 1.165) is 11.2 Å². The molecule has 36 heavy (non-hydrogen) atoms. The first kappa shape index (κ1) is 18.5. The van der Waals surface area contributed by atoms with Gasteiger partial charge in [0.15, 0.2) is 0 Å². The molecule has 2 heterocycles. The van der Waals surface area contributed by atoms with Crippen LogP contribution in [0.5, 0.6) is 0 Å². The topological polar surface area (TPSA) is 18.1 Å². The fourth-order valence-electron chi connectivity index (χ4n) is 6.48. The number of aromatic nitrogens is 1. The highest BCUT2D eigenvalue weighted by molar-refractivity contribution is 6.24. The molecule has 0 saturated heterocycles. The largest absolute Gasteiger partial charge is 0.455 e. The van der Waals surface area contributed by atoms with Crippen LogP contribution in [0.15, 0.2) is 120 Å². The molecule has 1 aliphatic carbocycles. The summed E-state index contributed by atoms with van der Waals surface area (Å²) in [4.78, 5) is 0. The zero-order valence-electron chi connectivity index (χ0n) is 19.3. The van der Waals surface area contributed by atoms with Crippen LogP contribution in [-0.2, 0) is 0 Å². The molecular formula is C34H19NO. The fraction of sp³-hybridized carbons (Fsp3) is 0. The van der Waals surface area contributed by atoms with Crippen LogP contribution in [0.3, 0.4) is 0 Å². The van der Waals surface area contributed by atoms with Crippen LogP contribution in [-0.4, -0.2) is 4.57 Å². The average molecular weight is 458 g/mol. The minimum atomic E-state index is 0.940. The molecular weight excluding hydrogens is 438 g/mol. The summed E-state index contributed by atoms with van der Waals surface area (Å²) in [6.45, 7) is 0. The lowest BCUT2D eigenvalue weighted by Crippen LogP contribution is -1.95. The molecule has 0 bridgehead atoms. The second-order valence-corrected chi connectivity index (χ2v) is 9.69. The monoisotopic (exact) mass is 457 g/mol. The zero-order valence-corrected chi connectivity index (χ0v) is 19.3. The van der Waals surface area contributed by atoms with Crippen LogP contribution >= 0.6 is 0 Å². The Morgan fingerprint density at radius 3 is 1.92 bits per heavy atom. The number of hydrogen-bond acceptors (Lipinski definition) is 1. The first-order chi connectivity index (χ1) is 17.9. The van der Waals surface area contributed by atoms with Gasteiger partial charge in [-0.05, 0) is 52.4 Å². The minimum Gasteiger partial charge on any atom is -0.455 e. The van der Waals surface area contributed by atoms with Crippen LogP contribution in [0, 0.1) is 0 Å². The number of para-hydroxylation sites is 3. The van der Waals surface area contributed by atoms with E-state index in [9.17, 15) is 0 Å². The number of furan rings is 1. The van der Waals surface area contributed by atoms with E-state index in [0.29, 0.717) is 0 Å². The van der Waals surface area contributed by atoms with Gasteiger partial charge in [-0.3, -0.25) is 0 Å². The van der Waals surface area contributed by atoms with Crippen LogP contribution < -0.4 is 0 Å². The molecule has 0 aliphatic heterocycles. The molecule has 6 aromatic carbocycles. The highest BCUT2D eigenvalue weighted by Crippen LogP contribution is 2.52. The lowest BCUT2D eigenvalue weighted by molar-refractivity contribution is 0.670. The molecule has 1 aliphatic rings. The van der Waals surface area contributed by atoms with Crippen molar-refractivity contribution in [3.05, 3.63) is 115 Å². The normalized spacial score (nSPS) is 12.4. The van der Waals surface area contributed by atoms with Crippen molar-refractivity contribution in [2.75, 3.05) is 0 Å². The summed E-state index contributed by atoms with van der Waals surface area (Å²) in [7, 11) is 0. The lowest BCUT2D eigenvalue weighted by Gasteiger charge is -2.13. The quantitative estimate of drug-likeness (QED) is 0.240. The van der Waals surface area contributed by atoms with E-state index in [-0.39, 0.29) is 0 Å². The van der Waals surface area contributed by atoms with Crippen molar-refractivity contribution >= 4 is 54.5 Å². The van der Waals surface area contributed by atoms with Gasteiger partial charge < -0.3 is 8.98 Å². The number of nitrogens with zero attached hydrogens (tertiary/aromatic N) is 1. The Labute approximate surface area is 206 Å². The molecule has 9 rings (SSSR count). The van der Waals surface area contributed by atoms with E-state index in [4.69, 9.17) is 4.42 Å². The molecule has 0 unspecified atom stereocenters. The van der Waals surface area contributed by atoms with Gasteiger partial charge in [-0.25, -0.2) is 0 Å². The molecule has 0 atom stereocenters. The number of hydrogen-bond donors (Lipinski definition) is 0. The van der Waals surface area contributed by atoms with Gasteiger partial charge in [-0.15, -0.1) is 0 Å². The Bertz CT molecular complexity index is 2160. The third-order valence-electron chi connectivity index (χ3n) is 7.95. The van der Waals surface area contributed by atoms with E-state index in [2.05, 4.69) is 114 Å². The number of benzene rings is 6. The molecule has 0 spiro atoms. The van der Waals surface area contributed by atoms with Gasteiger partial charge in [-0.1, -0.05) is 84.9 Å². The Morgan fingerprint density at radius 2 is 1.11 bits per heavy atom. The summed E-state index contributed by atoms with van der Waals surface area (Å²) in [5, 5.41) is 7.48. The van der Waals surface area contributed by atoms with Gasteiger partial charge in [0.05, 0.1) is 16.7 Å². The number of rotatable bonds is 1. The van der Waals surface area contributed by atoms with E-state index < -0.39 is 0 Å². The Kier molecular flexibility index (Phi) is 3.31. The van der Waals surface area contributed by atoms with Crippen molar-refractivity contribution in [3.8, 4) is 27.9 Å². The molecule has 0 fully saturated rings. The molecule has 0 N–H and O–H groups in total. The van der Waals surface area contributed by atoms with Crippen molar-refractivity contribution in [3.63, 3.8) is 0 Å².